The van der Waals surface area contributed by atoms with Gasteiger partial charge in [0.2, 0.25) is 11.8 Å². The van der Waals surface area contributed by atoms with Crippen LogP contribution in [0.2, 0.25) is 0 Å². The van der Waals surface area contributed by atoms with Crippen LogP contribution in [0.4, 0.5) is 0 Å². The van der Waals surface area contributed by atoms with E-state index in [-0.39, 0.29) is 42.6 Å². The largest absolute Gasteiger partial charge is 0.508 e. The van der Waals surface area contributed by atoms with Gasteiger partial charge < -0.3 is 35.9 Å². The molecule has 14 nitrogen and oxygen atoms in total. The predicted octanol–water partition coefficient (Wildman–Crippen LogP) is 0.402. The van der Waals surface area contributed by atoms with Crippen molar-refractivity contribution < 1.29 is 49.2 Å². The Hall–Kier alpha value is -5.24. The van der Waals surface area contributed by atoms with Crippen LogP contribution in [0.1, 0.15) is 48.0 Å². The van der Waals surface area contributed by atoms with Crippen molar-refractivity contribution in [3.63, 3.8) is 0 Å². The average molecular weight is 597 g/mol. The molecule has 0 aliphatic carbocycles. The Kier molecular flexibility index (Phi) is 10.6. The third-order valence-corrected chi connectivity index (χ3v) is 6.90. The summed E-state index contributed by atoms with van der Waals surface area (Å²) in [5, 5.41) is 25.6. The van der Waals surface area contributed by atoms with Gasteiger partial charge in [-0.15, -0.1) is 0 Å². The number of nitrogens with one attached hydrogen (secondary N) is 2. The second-order valence-electron chi connectivity index (χ2n) is 9.87. The molecule has 43 heavy (non-hydrogen) atoms. The molecule has 2 fully saturated rings. The van der Waals surface area contributed by atoms with Gasteiger partial charge in [0.05, 0.1) is 12.5 Å². The van der Waals surface area contributed by atoms with E-state index in [2.05, 4.69) is 17.2 Å². The predicted molar refractivity (Wildman–Crippen MR) is 150 cm³/mol. The first-order chi connectivity index (χ1) is 20.1. The summed E-state index contributed by atoms with van der Waals surface area (Å²) < 4.78 is 5.72. The average Bonchev–Trinajstić information content (AvgIpc) is 3.09. The number of carbonyl (C=O) groups excluding carboxylic acids is 5. The zero-order chi connectivity index (χ0) is 30.4. The molecule has 0 radical (unpaired) electrons. The maximum atomic E-state index is 13.6. The van der Waals surface area contributed by atoms with Gasteiger partial charge in [-0.25, -0.2) is 5.01 Å². The molecule has 3 atom stereocenters. The fraction of sp³-hybridized carbons (Fsp3) is 0.310. The van der Waals surface area contributed by atoms with Crippen molar-refractivity contribution in [2.45, 2.75) is 50.2 Å². The number of fused-ring (bicyclic) bond motifs is 1. The number of carboxylic acids is 1. The van der Waals surface area contributed by atoms with Crippen LogP contribution in [-0.4, -0.2) is 86.3 Å². The molecule has 0 bridgehead atoms. The lowest BCUT2D eigenvalue weighted by molar-refractivity contribution is -0.176. The van der Waals surface area contributed by atoms with Gasteiger partial charge in [0.15, 0.2) is 0 Å². The van der Waals surface area contributed by atoms with E-state index >= 15 is 0 Å². The molecule has 2 heterocycles. The zero-order valence-electron chi connectivity index (χ0n) is 23.0. The number of phenolic OH excluding ortho intramolecular Hbond substituents is 1. The molecule has 0 unspecified atom stereocenters. The summed E-state index contributed by atoms with van der Waals surface area (Å²) >= 11 is 0. The zero-order valence-corrected chi connectivity index (χ0v) is 23.0. The monoisotopic (exact) mass is 596 g/mol. The highest BCUT2D eigenvalue weighted by Gasteiger charge is 2.45. The first-order valence-electron chi connectivity index (χ1n) is 13.2. The smallest absolute Gasteiger partial charge is 0.305 e. The number of phenols is 1. The van der Waals surface area contributed by atoms with Crippen LogP contribution in [-0.2, 0) is 24.0 Å². The first kappa shape index (κ1) is 32.3. The van der Waals surface area contributed by atoms with Crippen LogP contribution in [0.5, 0.6) is 11.5 Å². The van der Waals surface area contributed by atoms with Gasteiger partial charge >= 0.3 is 5.97 Å². The fourth-order valence-electron chi connectivity index (χ4n) is 4.77. The van der Waals surface area contributed by atoms with E-state index in [1.165, 1.54) is 29.3 Å². The van der Waals surface area contributed by atoms with Gasteiger partial charge in [-0.05, 0) is 67.8 Å². The second-order valence-corrected chi connectivity index (χ2v) is 9.87. The van der Waals surface area contributed by atoms with E-state index in [1.54, 1.807) is 24.3 Å². The highest BCUT2D eigenvalue weighted by molar-refractivity contribution is 6.00. The van der Waals surface area contributed by atoms with Crippen LogP contribution >= 0.6 is 0 Å². The van der Waals surface area contributed by atoms with E-state index in [1.807, 2.05) is 0 Å². The summed E-state index contributed by atoms with van der Waals surface area (Å²) in [6.07, 6.45) is 0.203. The summed E-state index contributed by atoms with van der Waals surface area (Å²) in [6, 6.07) is 8.77. The highest BCUT2D eigenvalue weighted by atomic mass is 16.5. The number of nitrogens with zero attached hydrogens (tertiary/aromatic N) is 2. The van der Waals surface area contributed by atoms with Crippen LogP contribution in [0.3, 0.4) is 0 Å². The summed E-state index contributed by atoms with van der Waals surface area (Å²) in [5.74, 6) is -2.88. The Morgan fingerprint density at radius 3 is 2.33 bits per heavy atom. The molecule has 14 heteroatoms. The minimum atomic E-state index is -1.30. The third-order valence-electron chi connectivity index (χ3n) is 6.90. The topological polar surface area (TPSA) is 214 Å². The summed E-state index contributed by atoms with van der Waals surface area (Å²) in [5.41, 5.74) is 0.867. The SMILES string of the molecule is C=C(Oc1ccc(C(=O)N[C@H]2CCC(=O)N3CCC[C@@H](C(=O)N[C@H](C=O)CC(=O)O)N3C2=O)cc1)c1ccc(O)cc1.O. The van der Waals surface area contributed by atoms with E-state index in [9.17, 15) is 33.9 Å². The molecule has 2 saturated heterocycles. The van der Waals surface area contributed by atoms with Crippen molar-refractivity contribution in [1.29, 1.82) is 0 Å². The number of hydrazine groups is 1. The molecule has 4 amide bonds. The lowest BCUT2D eigenvalue weighted by Gasteiger charge is -2.43. The molecule has 0 aromatic heterocycles. The van der Waals surface area contributed by atoms with Crippen molar-refractivity contribution in [3.8, 4) is 11.5 Å². The van der Waals surface area contributed by atoms with Gasteiger partial charge in [-0.3, -0.25) is 29.0 Å². The van der Waals surface area contributed by atoms with Gasteiger partial charge in [-0.1, -0.05) is 6.58 Å². The summed E-state index contributed by atoms with van der Waals surface area (Å²) in [7, 11) is 0. The number of aldehydes is 1. The lowest BCUT2D eigenvalue weighted by atomic mass is 10.0. The molecule has 2 aromatic carbocycles. The maximum absolute atomic E-state index is 13.6. The molecular weight excluding hydrogens is 564 g/mol. The standard InChI is InChI=1S/C29H30N4O9.H2O/c1-17(18-4-8-21(35)9-5-18)42-22-10-6-19(7-11-22)27(39)31-23-12-13-25(36)32-14-2-3-24(33(32)29(23)41)28(40)30-20(16-34)15-26(37)38;/h4-11,16,20,23-24,35H,1-3,12-15H2,(H,30,40)(H,31,39)(H,37,38);1H2/t20-,23-,24-;/m0./s1. The molecule has 4 rings (SSSR count). The van der Waals surface area contributed by atoms with Crippen molar-refractivity contribution in [1.82, 2.24) is 20.7 Å². The number of hydrogen-bond donors (Lipinski definition) is 4. The normalized spacial score (nSPS) is 18.7. The second kappa shape index (κ2) is 14.1. The Balaban J connectivity index is 0.00000506. The molecule has 6 N–H and O–H groups in total. The molecule has 2 aliphatic rings. The van der Waals surface area contributed by atoms with Gasteiger partial charge in [0.25, 0.3) is 11.8 Å². The summed E-state index contributed by atoms with van der Waals surface area (Å²) in [4.78, 5) is 74.8. The lowest BCUT2D eigenvalue weighted by Crippen LogP contribution is -2.64. The Bertz CT molecular complexity index is 1390. The minimum absolute atomic E-state index is 0. The number of ether oxygens (including phenoxy) is 1. The first-order valence-corrected chi connectivity index (χ1v) is 13.2. The highest BCUT2D eigenvalue weighted by Crippen LogP contribution is 2.26. The molecule has 2 aromatic rings. The van der Waals surface area contributed by atoms with E-state index < -0.39 is 54.1 Å². The molecule has 0 saturated carbocycles. The Labute approximate surface area is 246 Å². The molecule has 2 aliphatic heterocycles. The van der Waals surface area contributed by atoms with E-state index in [0.29, 0.717) is 29.8 Å². The van der Waals surface area contributed by atoms with Crippen molar-refractivity contribution in [2.75, 3.05) is 6.54 Å². The quantitative estimate of drug-likeness (QED) is 0.220. The Morgan fingerprint density at radius 2 is 1.70 bits per heavy atom. The fourth-order valence-corrected chi connectivity index (χ4v) is 4.77. The number of rotatable bonds is 10. The number of aliphatic carboxylic acids is 1. The number of carboxylic acid groups (broad SMARTS) is 1. The van der Waals surface area contributed by atoms with Crippen LogP contribution in [0, 0.1) is 0 Å². The number of benzene rings is 2. The maximum Gasteiger partial charge on any atom is 0.305 e. The van der Waals surface area contributed by atoms with Crippen molar-refractivity contribution in [3.05, 3.63) is 66.2 Å². The van der Waals surface area contributed by atoms with Gasteiger partial charge in [-0.2, -0.15) is 0 Å². The Morgan fingerprint density at radius 1 is 1.05 bits per heavy atom. The van der Waals surface area contributed by atoms with E-state index in [4.69, 9.17) is 9.84 Å². The van der Waals surface area contributed by atoms with Crippen molar-refractivity contribution >= 4 is 41.6 Å². The number of hydrogen-bond acceptors (Lipinski definition) is 8. The van der Waals surface area contributed by atoms with Crippen LogP contribution in [0.25, 0.3) is 5.76 Å². The molecule has 0 spiro atoms. The van der Waals surface area contributed by atoms with Gasteiger partial charge in [0.1, 0.15) is 35.6 Å². The number of aromatic hydroxyl groups is 1. The van der Waals surface area contributed by atoms with Crippen molar-refractivity contribution in [2.24, 2.45) is 0 Å². The van der Waals surface area contributed by atoms with Gasteiger partial charge in [0, 0.05) is 24.1 Å². The molecule has 228 valence electrons. The number of amides is 4. The minimum Gasteiger partial charge on any atom is -0.508 e. The number of carbonyl (C=O) groups is 6. The summed E-state index contributed by atoms with van der Waals surface area (Å²) in [6.45, 7) is 4.06. The van der Waals surface area contributed by atoms with E-state index in [0.717, 1.165) is 5.01 Å². The third kappa shape index (κ3) is 7.74. The van der Waals surface area contributed by atoms with Crippen LogP contribution in [0.15, 0.2) is 55.1 Å². The molecular formula is C29H32N4O10. The van der Waals surface area contributed by atoms with Crippen LogP contribution < -0.4 is 15.4 Å².